The van der Waals surface area contributed by atoms with E-state index in [1.54, 1.807) is 20.8 Å². The Bertz CT molecular complexity index is 1880. The van der Waals surface area contributed by atoms with Crippen LogP contribution in [-0.2, 0) is 10.2 Å². The van der Waals surface area contributed by atoms with Crippen molar-refractivity contribution in [3.8, 4) is 11.4 Å². The average Bonchev–Trinajstić information content (AvgIpc) is 3.53. The third-order valence-electron chi connectivity index (χ3n) is 8.06. The summed E-state index contributed by atoms with van der Waals surface area (Å²) in [5, 5.41) is 12.3. The van der Waals surface area contributed by atoms with Gasteiger partial charge in [-0.15, -0.1) is 0 Å². The zero-order valence-corrected chi connectivity index (χ0v) is 24.4. The van der Waals surface area contributed by atoms with Crippen molar-refractivity contribution in [1.29, 1.82) is 0 Å². The van der Waals surface area contributed by atoms with Crippen molar-refractivity contribution in [2.75, 3.05) is 5.01 Å². The number of hydrogen-bond donors (Lipinski definition) is 2. The molecule has 3 heterocycles. The Morgan fingerprint density at radius 1 is 0.548 bits per heavy atom. The van der Waals surface area contributed by atoms with Gasteiger partial charge in [-0.2, -0.15) is 10.1 Å². The Balaban J connectivity index is 1.65. The largest absolute Gasteiger partial charge is 0.295 e. The van der Waals surface area contributed by atoms with E-state index in [0.29, 0.717) is 34.2 Å². The molecular weight excluding hydrogens is 528 g/mol. The lowest BCUT2D eigenvalue weighted by Gasteiger charge is -2.27. The number of H-pyrrole nitrogens is 2. The van der Waals surface area contributed by atoms with Crippen LogP contribution in [-0.4, -0.2) is 31.2 Å². The normalized spacial score (nSPS) is 14.5. The Hall–Kier alpha value is -5.18. The Morgan fingerprint density at radius 2 is 0.905 bits per heavy atom. The summed E-state index contributed by atoms with van der Waals surface area (Å²) < 4.78 is 2.84. The number of anilines is 1. The lowest BCUT2D eigenvalue weighted by atomic mass is 9.71. The number of hydrogen-bond acceptors (Lipinski definition) is 4. The van der Waals surface area contributed by atoms with Gasteiger partial charge in [-0.25, -0.2) is 9.36 Å². The topological polar surface area (TPSA) is 108 Å². The number of hydrazone groups is 1. The molecule has 0 spiro atoms. The third-order valence-corrected chi connectivity index (χ3v) is 8.06. The lowest BCUT2D eigenvalue weighted by Crippen LogP contribution is -2.50. The molecule has 2 N–H and O–H groups in total. The van der Waals surface area contributed by atoms with Gasteiger partial charge in [0.15, 0.2) is 5.41 Å². The first-order chi connectivity index (χ1) is 20.0. The highest BCUT2D eigenvalue weighted by molar-refractivity contribution is 6.25. The van der Waals surface area contributed by atoms with Gasteiger partial charge in [0.1, 0.15) is 0 Å². The van der Waals surface area contributed by atoms with Gasteiger partial charge in [0.2, 0.25) is 0 Å². The van der Waals surface area contributed by atoms with E-state index in [-0.39, 0.29) is 11.1 Å². The van der Waals surface area contributed by atoms with Crippen LogP contribution in [0.15, 0.2) is 87.5 Å². The van der Waals surface area contributed by atoms with E-state index in [9.17, 15) is 14.4 Å². The molecule has 6 rings (SSSR count). The molecule has 0 bridgehead atoms. The monoisotopic (exact) mass is 560 g/mol. The van der Waals surface area contributed by atoms with Gasteiger partial charge in [0.05, 0.1) is 33.9 Å². The summed E-state index contributed by atoms with van der Waals surface area (Å²) in [5.74, 6) is -0.491. The quantitative estimate of drug-likeness (QED) is 0.319. The maximum absolute atomic E-state index is 14.8. The molecule has 0 aliphatic carbocycles. The van der Waals surface area contributed by atoms with Crippen LogP contribution in [0.25, 0.3) is 11.4 Å². The standard InChI is InChI=1S/C33H32N6O3/c1-19-7-13-25(14-8-19)37-30(40)28(22(4)34-37)33(24(6)36-39(32(33)42)27-17-11-21(3)12-18-27)29-23(5)35-38(31(29)41)26-15-9-20(2)10-16-26/h7-18,34-35H,1-6H3. The average molecular weight is 561 g/mol. The number of nitrogens with zero attached hydrogens (tertiary/aromatic N) is 4. The molecule has 1 aliphatic rings. The zero-order chi connectivity index (χ0) is 29.9. The third kappa shape index (κ3) is 3.92. The van der Waals surface area contributed by atoms with E-state index in [2.05, 4.69) is 10.2 Å². The van der Waals surface area contributed by atoms with E-state index < -0.39 is 22.4 Å². The number of aromatic nitrogens is 4. The van der Waals surface area contributed by atoms with Crippen molar-refractivity contribution < 1.29 is 4.79 Å². The number of aromatic amines is 2. The fraction of sp³-hybridized carbons (Fsp3) is 0.212. The summed E-state index contributed by atoms with van der Waals surface area (Å²) in [5.41, 5.74) is 3.90. The predicted octanol–water partition coefficient (Wildman–Crippen LogP) is 4.90. The number of carbonyl (C=O) groups excluding carboxylic acids is 1. The number of carbonyl (C=O) groups is 1. The maximum atomic E-state index is 14.8. The van der Waals surface area contributed by atoms with Crippen LogP contribution in [0.3, 0.4) is 0 Å². The van der Waals surface area contributed by atoms with E-state index in [1.165, 1.54) is 14.4 Å². The molecule has 0 saturated heterocycles. The second-order valence-corrected chi connectivity index (χ2v) is 11.1. The molecular formula is C33H32N6O3. The maximum Gasteiger partial charge on any atom is 0.276 e. The molecule has 9 nitrogen and oxygen atoms in total. The van der Waals surface area contributed by atoms with Gasteiger partial charge in [0.25, 0.3) is 17.0 Å². The van der Waals surface area contributed by atoms with Gasteiger partial charge in [-0.05, 0) is 77.9 Å². The fourth-order valence-corrected chi connectivity index (χ4v) is 5.87. The molecule has 212 valence electrons. The number of rotatable bonds is 5. The molecule has 1 amide bonds. The minimum atomic E-state index is -1.77. The molecule has 3 aromatic carbocycles. The minimum Gasteiger partial charge on any atom is -0.295 e. The van der Waals surface area contributed by atoms with Crippen molar-refractivity contribution >= 4 is 17.3 Å². The molecule has 0 saturated carbocycles. The first-order valence-electron chi connectivity index (χ1n) is 13.8. The van der Waals surface area contributed by atoms with Crippen molar-refractivity contribution in [3.63, 3.8) is 0 Å². The zero-order valence-electron chi connectivity index (χ0n) is 24.4. The number of aryl methyl sites for hydroxylation is 5. The number of amides is 1. The van der Waals surface area contributed by atoms with Gasteiger partial charge in [-0.3, -0.25) is 24.6 Å². The SMILES string of the molecule is CC1=NN(c2ccc(C)cc2)C(=O)C1(c1c(C)[nH]n(-c2ccc(C)cc2)c1=O)c1c(C)[nH]n(-c2ccc(C)cc2)c1=O. The summed E-state index contributed by atoms with van der Waals surface area (Å²) in [4.78, 5) is 43.5. The molecule has 0 unspecified atom stereocenters. The first kappa shape index (κ1) is 27.0. The van der Waals surface area contributed by atoms with Crippen LogP contribution < -0.4 is 16.1 Å². The van der Waals surface area contributed by atoms with E-state index in [1.807, 2.05) is 93.6 Å². The van der Waals surface area contributed by atoms with Gasteiger partial charge in [-0.1, -0.05) is 53.1 Å². The fourth-order valence-electron chi connectivity index (χ4n) is 5.87. The predicted molar refractivity (Wildman–Crippen MR) is 164 cm³/mol. The molecule has 5 aromatic rings. The van der Waals surface area contributed by atoms with E-state index >= 15 is 0 Å². The molecule has 0 atom stereocenters. The second-order valence-electron chi connectivity index (χ2n) is 11.1. The molecule has 9 heteroatoms. The Kier molecular flexibility index (Phi) is 6.26. The van der Waals surface area contributed by atoms with Crippen LogP contribution in [0.5, 0.6) is 0 Å². The van der Waals surface area contributed by atoms with Gasteiger partial charge < -0.3 is 0 Å². The highest BCUT2D eigenvalue weighted by Crippen LogP contribution is 2.41. The highest BCUT2D eigenvalue weighted by Gasteiger charge is 2.58. The Morgan fingerprint density at radius 3 is 1.29 bits per heavy atom. The van der Waals surface area contributed by atoms with Crippen molar-refractivity contribution in [2.24, 2.45) is 5.10 Å². The highest BCUT2D eigenvalue weighted by atomic mass is 16.2. The molecule has 0 fully saturated rings. The van der Waals surface area contributed by atoms with Crippen LogP contribution in [0.4, 0.5) is 5.69 Å². The summed E-state index contributed by atoms with van der Waals surface area (Å²) in [6.07, 6.45) is 0. The van der Waals surface area contributed by atoms with Gasteiger partial charge in [0, 0.05) is 11.4 Å². The van der Waals surface area contributed by atoms with Crippen LogP contribution >= 0.6 is 0 Å². The smallest absolute Gasteiger partial charge is 0.276 e. The molecule has 42 heavy (non-hydrogen) atoms. The molecule has 0 radical (unpaired) electrons. The second kappa shape index (κ2) is 9.73. The van der Waals surface area contributed by atoms with Crippen LogP contribution in [0, 0.1) is 34.6 Å². The van der Waals surface area contributed by atoms with Crippen molar-refractivity contribution in [2.45, 2.75) is 47.0 Å². The lowest BCUT2D eigenvalue weighted by molar-refractivity contribution is -0.120. The number of nitrogens with one attached hydrogen (secondary N) is 2. The van der Waals surface area contributed by atoms with E-state index in [0.717, 1.165) is 16.7 Å². The van der Waals surface area contributed by atoms with Crippen LogP contribution in [0.1, 0.15) is 46.1 Å². The first-order valence-corrected chi connectivity index (χ1v) is 13.8. The van der Waals surface area contributed by atoms with Crippen molar-refractivity contribution in [1.82, 2.24) is 19.6 Å². The number of benzene rings is 3. The van der Waals surface area contributed by atoms with Crippen LogP contribution in [0.2, 0.25) is 0 Å². The molecule has 2 aromatic heterocycles. The Labute approximate surface area is 242 Å². The summed E-state index contributed by atoms with van der Waals surface area (Å²) >= 11 is 0. The minimum absolute atomic E-state index is 0.166. The van der Waals surface area contributed by atoms with E-state index in [4.69, 9.17) is 5.10 Å². The summed E-state index contributed by atoms with van der Waals surface area (Å²) in [6.45, 7) is 11.1. The van der Waals surface area contributed by atoms with Crippen molar-refractivity contribution in [3.05, 3.63) is 133 Å². The molecule has 1 aliphatic heterocycles. The van der Waals surface area contributed by atoms with Gasteiger partial charge >= 0.3 is 0 Å². The summed E-state index contributed by atoms with van der Waals surface area (Å²) in [7, 11) is 0. The summed E-state index contributed by atoms with van der Waals surface area (Å²) in [6, 6.07) is 22.4.